The maximum atomic E-state index is 12.2. The van der Waals surface area contributed by atoms with Crippen LogP contribution in [0, 0.1) is 0 Å². The molecule has 7 heteroatoms. The minimum atomic E-state index is -0.924. The molecule has 0 aromatic heterocycles. The van der Waals surface area contributed by atoms with Crippen LogP contribution in [0.5, 0.6) is 0 Å². The van der Waals surface area contributed by atoms with E-state index in [2.05, 4.69) is 5.32 Å². The van der Waals surface area contributed by atoms with Crippen LogP contribution < -0.4 is 5.32 Å². The van der Waals surface area contributed by atoms with Gasteiger partial charge in [0.05, 0.1) is 6.42 Å². The Morgan fingerprint density at radius 2 is 2.20 bits per heavy atom. The number of piperidine rings is 1. The number of likely N-dealkylation sites (tertiary alicyclic amines) is 1. The summed E-state index contributed by atoms with van der Waals surface area (Å²) in [6.45, 7) is 4.47. The molecule has 114 valence electrons. The lowest BCUT2D eigenvalue weighted by Crippen LogP contribution is -2.53. The zero-order valence-electron chi connectivity index (χ0n) is 12.3. The third-order valence-corrected chi connectivity index (χ3v) is 3.56. The van der Waals surface area contributed by atoms with E-state index in [9.17, 15) is 14.4 Å². The monoisotopic (exact) mass is 285 g/mol. The molecule has 1 aliphatic heterocycles. The van der Waals surface area contributed by atoms with Crippen LogP contribution in [-0.4, -0.2) is 65.0 Å². The molecule has 20 heavy (non-hydrogen) atoms. The Bertz CT molecular complexity index is 386. The van der Waals surface area contributed by atoms with Crippen LogP contribution in [0.25, 0.3) is 0 Å². The highest BCUT2D eigenvalue weighted by molar-refractivity contribution is 5.78. The summed E-state index contributed by atoms with van der Waals surface area (Å²) in [6.07, 6.45) is 0.975. The van der Waals surface area contributed by atoms with Crippen molar-refractivity contribution in [3.63, 3.8) is 0 Å². The lowest BCUT2D eigenvalue weighted by atomic mass is 10.1. The van der Waals surface area contributed by atoms with Crippen LogP contribution >= 0.6 is 0 Å². The van der Waals surface area contributed by atoms with Gasteiger partial charge in [0.25, 0.3) is 0 Å². The first-order valence-electron chi connectivity index (χ1n) is 6.88. The molecule has 0 saturated carbocycles. The number of carbonyl (C=O) groups excluding carboxylic acids is 2. The second-order valence-corrected chi connectivity index (χ2v) is 5.19. The molecule has 1 rings (SSSR count). The van der Waals surface area contributed by atoms with Crippen molar-refractivity contribution >= 4 is 17.9 Å². The van der Waals surface area contributed by atoms with Gasteiger partial charge in [0, 0.05) is 38.6 Å². The number of nitrogens with zero attached hydrogens (tertiary/aromatic N) is 2. The van der Waals surface area contributed by atoms with Crippen LogP contribution in [-0.2, 0) is 9.59 Å². The largest absolute Gasteiger partial charge is 0.481 e. The highest BCUT2D eigenvalue weighted by atomic mass is 16.4. The van der Waals surface area contributed by atoms with Gasteiger partial charge in [-0.2, -0.15) is 0 Å². The van der Waals surface area contributed by atoms with Gasteiger partial charge in [0.1, 0.15) is 0 Å². The van der Waals surface area contributed by atoms with Gasteiger partial charge < -0.3 is 20.2 Å². The van der Waals surface area contributed by atoms with E-state index in [1.165, 1.54) is 4.90 Å². The molecule has 1 aliphatic rings. The first kappa shape index (κ1) is 16.3. The van der Waals surface area contributed by atoms with E-state index in [1.54, 1.807) is 18.9 Å². The zero-order valence-corrected chi connectivity index (χ0v) is 12.3. The van der Waals surface area contributed by atoms with Gasteiger partial charge in [-0.25, -0.2) is 4.79 Å². The number of urea groups is 1. The first-order chi connectivity index (χ1) is 9.35. The molecule has 0 aromatic rings. The standard InChI is InChI=1S/C13H23N3O4/c1-4-16(9(2)7-12(18)19)13(20)14-10-5-6-11(17)15(3)8-10/h9-10H,4-8H2,1-3H3,(H,14,20)(H,18,19). The van der Waals surface area contributed by atoms with Gasteiger partial charge in [0.2, 0.25) is 5.91 Å². The number of amides is 3. The molecule has 1 fully saturated rings. The minimum Gasteiger partial charge on any atom is -0.481 e. The van der Waals surface area contributed by atoms with Crippen molar-refractivity contribution in [2.75, 3.05) is 20.1 Å². The molecule has 0 aliphatic carbocycles. The third kappa shape index (κ3) is 4.40. The minimum absolute atomic E-state index is 0.0729. The van der Waals surface area contributed by atoms with Gasteiger partial charge in [-0.15, -0.1) is 0 Å². The van der Waals surface area contributed by atoms with Gasteiger partial charge in [-0.3, -0.25) is 9.59 Å². The molecule has 2 unspecified atom stereocenters. The van der Waals surface area contributed by atoms with E-state index >= 15 is 0 Å². The second-order valence-electron chi connectivity index (χ2n) is 5.19. The predicted octanol–water partition coefficient (Wildman–Crippen LogP) is 0.502. The smallest absolute Gasteiger partial charge is 0.317 e. The fourth-order valence-corrected chi connectivity index (χ4v) is 2.41. The number of hydrogen-bond acceptors (Lipinski definition) is 3. The number of aliphatic carboxylic acids is 1. The summed E-state index contributed by atoms with van der Waals surface area (Å²) in [5, 5.41) is 11.7. The predicted molar refractivity (Wildman–Crippen MR) is 73.3 cm³/mol. The SMILES string of the molecule is CCN(C(=O)NC1CCC(=O)N(C)C1)C(C)CC(=O)O. The van der Waals surface area contributed by atoms with Crippen LogP contribution in [0.15, 0.2) is 0 Å². The van der Waals surface area contributed by atoms with Gasteiger partial charge in [0.15, 0.2) is 0 Å². The number of likely N-dealkylation sites (N-methyl/N-ethyl adjacent to an activating group) is 1. The van der Waals surface area contributed by atoms with Crippen molar-refractivity contribution in [1.82, 2.24) is 15.1 Å². The Morgan fingerprint density at radius 3 is 2.70 bits per heavy atom. The van der Waals surface area contributed by atoms with Crippen LogP contribution in [0.2, 0.25) is 0 Å². The number of rotatable bonds is 5. The Hall–Kier alpha value is -1.79. The number of carbonyl (C=O) groups is 3. The third-order valence-electron chi connectivity index (χ3n) is 3.56. The molecule has 0 spiro atoms. The average Bonchev–Trinajstić information content (AvgIpc) is 2.33. The molecular weight excluding hydrogens is 262 g/mol. The summed E-state index contributed by atoms with van der Waals surface area (Å²) in [5.74, 6) is -0.839. The Morgan fingerprint density at radius 1 is 1.55 bits per heavy atom. The number of nitrogens with one attached hydrogen (secondary N) is 1. The normalized spacial score (nSPS) is 20.4. The van der Waals surface area contributed by atoms with E-state index in [4.69, 9.17) is 5.11 Å². The topological polar surface area (TPSA) is 90.0 Å². The lowest BCUT2D eigenvalue weighted by Gasteiger charge is -2.33. The Balaban J connectivity index is 2.55. The van der Waals surface area contributed by atoms with Crippen LogP contribution in [0.1, 0.15) is 33.1 Å². The van der Waals surface area contributed by atoms with Crippen molar-refractivity contribution in [1.29, 1.82) is 0 Å². The van der Waals surface area contributed by atoms with Crippen LogP contribution in [0.3, 0.4) is 0 Å². The molecule has 0 radical (unpaired) electrons. The summed E-state index contributed by atoms with van der Waals surface area (Å²) in [7, 11) is 1.71. The number of carboxylic acid groups (broad SMARTS) is 1. The Kier molecular flexibility index (Phi) is 5.79. The van der Waals surface area contributed by atoms with Crippen molar-refractivity contribution in [2.45, 2.75) is 45.2 Å². The lowest BCUT2D eigenvalue weighted by molar-refractivity contribution is -0.138. The Labute approximate surface area is 118 Å². The summed E-state index contributed by atoms with van der Waals surface area (Å²) in [4.78, 5) is 37.4. The van der Waals surface area contributed by atoms with E-state index < -0.39 is 5.97 Å². The molecule has 0 aromatic carbocycles. The average molecular weight is 285 g/mol. The summed E-state index contributed by atoms with van der Waals surface area (Å²) in [6, 6.07) is -0.703. The zero-order chi connectivity index (χ0) is 15.3. The first-order valence-corrected chi connectivity index (χ1v) is 6.88. The summed E-state index contributed by atoms with van der Waals surface area (Å²) in [5.41, 5.74) is 0. The van der Waals surface area contributed by atoms with E-state index in [-0.39, 0.29) is 30.4 Å². The molecular formula is C13H23N3O4. The van der Waals surface area contributed by atoms with Crippen molar-refractivity contribution in [3.8, 4) is 0 Å². The molecule has 2 N–H and O–H groups in total. The van der Waals surface area contributed by atoms with Crippen molar-refractivity contribution < 1.29 is 19.5 Å². The van der Waals surface area contributed by atoms with Gasteiger partial charge >= 0.3 is 12.0 Å². The molecule has 3 amide bonds. The molecule has 7 nitrogen and oxygen atoms in total. The molecule has 1 saturated heterocycles. The summed E-state index contributed by atoms with van der Waals surface area (Å²) >= 11 is 0. The number of carboxylic acids is 1. The fourth-order valence-electron chi connectivity index (χ4n) is 2.41. The molecule has 2 atom stereocenters. The van der Waals surface area contributed by atoms with Crippen molar-refractivity contribution in [3.05, 3.63) is 0 Å². The second kappa shape index (κ2) is 7.12. The van der Waals surface area contributed by atoms with E-state index in [0.717, 1.165) is 0 Å². The summed E-state index contributed by atoms with van der Waals surface area (Å²) < 4.78 is 0. The number of hydrogen-bond donors (Lipinski definition) is 2. The van der Waals surface area contributed by atoms with Gasteiger partial charge in [-0.1, -0.05) is 0 Å². The van der Waals surface area contributed by atoms with E-state index in [0.29, 0.717) is 25.9 Å². The quantitative estimate of drug-likeness (QED) is 0.769. The maximum Gasteiger partial charge on any atom is 0.317 e. The highest BCUT2D eigenvalue weighted by Crippen LogP contribution is 2.11. The van der Waals surface area contributed by atoms with E-state index in [1.807, 2.05) is 6.92 Å². The maximum absolute atomic E-state index is 12.2. The van der Waals surface area contributed by atoms with Gasteiger partial charge in [-0.05, 0) is 20.3 Å². The highest BCUT2D eigenvalue weighted by Gasteiger charge is 2.27. The van der Waals surface area contributed by atoms with Crippen molar-refractivity contribution in [2.24, 2.45) is 0 Å². The molecule has 0 bridgehead atoms. The fraction of sp³-hybridized carbons (Fsp3) is 0.769. The van der Waals surface area contributed by atoms with Crippen LogP contribution in [0.4, 0.5) is 4.79 Å². The molecule has 1 heterocycles.